The van der Waals surface area contributed by atoms with Gasteiger partial charge in [-0.1, -0.05) is 31.5 Å². The topological polar surface area (TPSA) is 77.0 Å². The lowest BCUT2D eigenvalue weighted by molar-refractivity contribution is -0.119. The molecule has 6 heteroatoms. The van der Waals surface area contributed by atoms with Crippen molar-refractivity contribution in [2.24, 2.45) is 0 Å². The van der Waals surface area contributed by atoms with E-state index in [2.05, 4.69) is 28.3 Å². The SMILES string of the molecule is CCC[C@H](Cc1cncc(-c2ccc(CC(=O)NC)c(OC)c2)n1)c1ccccn1. The Labute approximate surface area is 177 Å². The van der Waals surface area contributed by atoms with E-state index in [4.69, 9.17) is 9.72 Å². The Bertz CT molecular complexity index is 976. The van der Waals surface area contributed by atoms with Gasteiger partial charge in [-0.3, -0.25) is 14.8 Å². The van der Waals surface area contributed by atoms with Gasteiger partial charge in [-0.05, 0) is 31.0 Å². The number of hydrogen-bond acceptors (Lipinski definition) is 5. The second-order valence-corrected chi connectivity index (χ2v) is 7.22. The molecule has 0 aliphatic carbocycles. The number of methoxy groups -OCH3 is 1. The summed E-state index contributed by atoms with van der Waals surface area (Å²) in [5.41, 5.74) is 4.56. The molecule has 0 radical (unpaired) electrons. The number of hydrogen-bond donors (Lipinski definition) is 1. The number of aromatic nitrogens is 3. The number of amides is 1. The number of pyridine rings is 1. The fraction of sp³-hybridized carbons (Fsp3) is 0.333. The lowest BCUT2D eigenvalue weighted by Crippen LogP contribution is -2.20. The molecule has 3 aromatic rings. The molecule has 2 heterocycles. The first-order valence-corrected chi connectivity index (χ1v) is 10.2. The van der Waals surface area contributed by atoms with Gasteiger partial charge in [-0.25, -0.2) is 4.98 Å². The van der Waals surface area contributed by atoms with Gasteiger partial charge in [0.25, 0.3) is 0 Å². The van der Waals surface area contributed by atoms with Crippen LogP contribution >= 0.6 is 0 Å². The summed E-state index contributed by atoms with van der Waals surface area (Å²) in [4.78, 5) is 25.5. The standard InChI is InChI=1S/C24H28N4O2/c1-4-7-17(21-8-5-6-11-27-21)12-20-15-26-16-22(28-20)18-9-10-19(14-24(29)25-2)23(13-18)30-3/h5-6,8-11,13,15-17H,4,7,12,14H2,1-3H3,(H,25,29)/t17-/m1/s1. The van der Waals surface area contributed by atoms with Crippen LogP contribution < -0.4 is 10.1 Å². The molecule has 0 spiro atoms. The second-order valence-electron chi connectivity index (χ2n) is 7.22. The van der Waals surface area contributed by atoms with Crippen LogP contribution in [0.5, 0.6) is 5.75 Å². The monoisotopic (exact) mass is 404 g/mol. The molecule has 1 amide bonds. The summed E-state index contributed by atoms with van der Waals surface area (Å²) in [6, 6.07) is 11.8. The van der Waals surface area contributed by atoms with E-state index in [0.717, 1.165) is 47.5 Å². The van der Waals surface area contributed by atoms with E-state index in [1.807, 2.05) is 42.7 Å². The van der Waals surface area contributed by atoms with Crippen LogP contribution in [0.3, 0.4) is 0 Å². The summed E-state index contributed by atoms with van der Waals surface area (Å²) in [5.74, 6) is 0.921. The Kier molecular flexibility index (Phi) is 7.49. The summed E-state index contributed by atoms with van der Waals surface area (Å²) >= 11 is 0. The van der Waals surface area contributed by atoms with Gasteiger partial charge in [0.05, 0.1) is 31.1 Å². The van der Waals surface area contributed by atoms with Crippen molar-refractivity contribution in [1.82, 2.24) is 20.3 Å². The second kappa shape index (κ2) is 10.5. The van der Waals surface area contributed by atoms with E-state index in [1.165, 1.54) is 0 Å². The minimum absolute atomic E-state index is 0.0562. The van der Waals surface area contributed by atoms with Crippen LogP contribution in [-0.2, 0) is 17.6 Å². The Morgan fingerprint density at radius 3 is 2.77 bits per heavy atom. The third-order valence-corrected chi connectivity index (χ3v) is 5.10. The van der Waals surface area contributed by atoms with Gasteiger partial charge >= 0.3 is 0 Å². The zero-order chi connectivity index (χ0) is 21.3. The van der Waals surface area contributed by atoms with E-state index < -0.39 is 0 Å². The van der Waals surface area contributed by atoms with Gasteiger partial charge < -0.3 is 10.1 Å². The summed E-state index contributed by atoms with van der Waals surface area (Å²) in [6.45, 7) is 2.19. The highest BCUT2D eigenvalue weighted by Gasteiger charge is 2.15. The third-order valence-electron chi connectivity index (χ3n) is 5.10. The Hall–Kier alpha value is -3.28. The van der Waals surface area contributed by atoms with Crippen LogP contribution in [0.15, 0.2) is 55.0 Å². The first kappa shape index (κ1) is 21.4. The largest absolute Gasteiger partial charge is 0.496 e. The molecule has 0 aliphatic heterocycles. The molecule has 0 saturated heterocycles. The van der Waals surface area contributed by atoms with E-state index >= 15 is 0 Å². The highest BCUT2D eigenvalue weighted by Crippen LogP contribution is 2.28. The van der Waals surface area contributed by atoms with E-state index in [-0.39, 0.29) is 12.3 Å². The number of nitrogens with zero attached hydrogens (tertiary/aromatic N) is 3. The van der Waals surface area contributed by atoms with E-state index in [9.17, 15) is 4.79 Å². The molecule has 1 aromatic carbocycles. The molecular weight excluding hydrogens is 376 g/mol. The molecule has 0 fully saturated rings. The quantitative estimate of drug-likeness (QED) is 0.584. The molecule has 0 saturated carbocycles. The predicted octanol–water partition coefficient (Wildman–Crippen LogP) is 3.96. The minimum Gasteiger partial charge on any atom is -0.496 e. The number of rotatable bonds is 9. The fourth-order valence-corrected chi connectivity index (χ4v) is 3.53. The molecular formula is C24H28N4O2. The van der Waals surface area contributed by atoms with Crippen LogP contribution in [0.4, 0.5) is 0 Å². The molecule has 2 aromatic heterocycles. The molecule has 30 heavy (non-hydrogen) atoms. The van der Waals surface area contributed by atoms with E-state index in [1.54, 1.807) is 20.4 Å². The number of likely N-dealkylation sites (N-methyl/N-ethyl adjacent to an activating group) is 1. The van der Waals surface area contributed by atoms with Gasteiger partial charge in [0.2, 0.25) is 5.91 Å². The molecule has 0 unspecified atom stereocenters. The minimum atomic E-state index is -0.0562. The van der Waals surface area contributed by atoms with Crippen molar-refractivity contribution >= 4 is 5.91 Å². The van der Waals surface area contributed by atoms with Crippen molar-refractivity contribution in [3.63, 3.8) is 0 Å². The molecule has 1 atom stereocenters. The van der Waals surface area contributed by atoms with Crippen LogP contribution in [0, 0.1) is 0 Å². The highest BCUT2D eigenvalue weighted by atomic mass is 16.5. The van der Waals surface area contributed by atoms with Gasteiger partial charge in [0.15, 0.2) is 0 Å². The average Bonchev–Trinajstić information content (AvgIpc) is 2.79. The van der Waals surface area contributed by atoms with Gasteiger partial charge in [-0.15, -0.1) is 0 Å². The molecule has 6 nitrogen and oxygen atoms in total. The van der Waals surface area contributed by atoms with Gasteiger partial charge in [0, 0.05) is 42.2 Å². The van der Waals surface area contributed by atoms with Gasteiger partial charge in [0.1, 0.15) is 5.75 Å². The first-order valence-electron chi connectivity index (χ1n) is 10.2. The summed E-state index contributed by atoms with van der Waals surface area (Å²) < 4.78 is 5.50. The molecule has 156 valence electrons. The predicted molar refractivity (Wildman–Crippen MR) is 117 cm³/mol. The van der Waals surface area contributed by atoms with Crippen LogP contribution in [0.1, 0.15) is 42.6 Å². The first-order chi connectivity index (χ1) is 14.6. The number of ether oxygens (including phenoxy) is 1. The summed E-state index contributed by atoms with van der Waals surface area (Å²) in [7, 11) is 3.23. The Morgan fingerprint density at radius 2 is 2.07 bits per heavy atom. The maximum absolute atomic E-state index is 11.7. The maximum atomic E-state index is 11.7. The Balaban J connectivity index is 1.85. The fourth-order valence-electron chi connectivity index (χ4n) is 3.53. The van der Waals surface area contributed by atoms with Crippen LogP contribution in [-0.4, -0.2) is 35.0 Å². The van der Waals surface area contributed by atoms with Crippen molar-refractivity contribution in [3.05, 3.63) is 71.9 Å². The number of carbonyl (C=O) groups excluding carboxylic acids is 1. The zero-order valence-corrected chi connectivity index (χ0v) is 17.8. The summed E-state index contributed by atoms with van der Waals surface area (Å²) in [6.07, 6.45) is 8.61. The van der Waals surface area contributed by atoms with Crippen molar-refractivity contribution in [2.75, 3.05) is 14.2 Å². The maximum Gasteiger partial charge on any atom is 0.224 e. The van der Waals surface area contributed by atoms with E-state index in [0.29, 0.717) is 11.7 Å². The molecule has 0 aliphatic rings. The molecule has 1 N–H and O–H groups in total. The number of nitrogens with one attached hydrogen (secondary N) is 1. The van der Waals surface area contributed by atoms with Crippen molar-refractivity contribution in [1.29, 1.82) is 0 Å². The number of carbonyl (C=O) groups is 1. The average molecular weight is 405 g/mol. The lowest BCUT2D eigenvalue weighted by atomic mass is 9.94. The summed E-state index contributed by atoms with van der Waals surface area (Å²) in [5, 5.41) is 2.64. The highest BCUT2D eigenvalue weighted by molar-refractivity contribution is 5.79. The lowest BCUT2D eigenvalue weighted by Gasteiger charge is -2.15. The van der Waals surface area contributed by atoms with Crippen molar-refractivity contribution in [3.8, 4) is 17.0 Å². The zero-order valence-electron chi connectivity index (χ0n) is 17.8. The third kappa shape index (κ3) is 5.41. The Morgan fingerprint density at radius 1 is 1.20 bits per heavy atom. The normalized spacial score (nSPS) is 11.7. The molecule has 3 rings (SSSR count). The van der Waals surface area contributed by atoms with Crippen LogP contribution in [0.25, 0.3) is 11.3 Å². The van der Waals surface area contributed by atoms with Crippen LogP contribution in [0.2, 0.25) is 0 Å². The molecule has 0 bridgehead atoms. The smallest absolute Gasteiger partial charge is 0.224 e. The van der Waals surface area contributed by atoms with Gasteiger partial charge in [-0.2, -0.15) is 0 Å². The van der Waals surface area contributed by atoms with Crippen molar-refractivity contribution in [2.45, 2.75) is 38.5 Å². The number of benzene rings is 1. The van der Waals surface area contributed by atoms with Crippen molar-refractivity contribution < 1.29 is 9.53 Å².